The molecule has 1 unspecified atom stereocenters. The van der Waals surface area contributed by atoms with E-state index in [2.05, 4.69) is 5.32 Å². The van der Waals surface area contributed by atoms with Crippen molar-refractivity contribution >= 4 is 30.1 Å². The molecule has 0 aliphatic carbocycles. The normalized spacial score (nSPS) is 17.4. The van der Waals surface area contributed by atoms with Crippen LogP contribution < -0.4 is 10.1 Å². The molecule has 1 aliphatic heterocycles. The van der Waals surface area contributed by atoms with Gasteiger partial charge in [0.1, 0.15) is 5.75 Å². The van der Waals surface area contributed by atoms with Crippen LogP contribution >= 0.6 is 24.2 Å². The summed E-state index contributed by atoms with van der Waals surface area (Å²) >= 11 is 1.77. The maximum atomic E-state index is 12.1. The molecule has 1 saturated heterocycles. The summed E-state index contributed by atoms with van der Waals surface area (Å²) in [4.78, 5) is 13.9. The van der Waals surface area contributed by atoms with E-state index in [0.717, 1.165) is 22.9 Å². The Morgan fingerprint density at radius 2 is 2.15 bits per heavy atom. The van der Waals surface area contributed by atoms with Gasteiger partial charge < -0.3 is 9.64 Å². The summed E-state index contributed by atoms with van der Waals surface area (Å²) in [6.07, 6.45) is 0. The summed E-state index contributed by atoms with van der Waals surface area (Å²) in [7, 11) is 1.85. The van der Waals surface area contributed by atoms with Crippen molar-refractivity contribution in [2.45, 2.75) is 19.5 Å². The molecule has 0 aromatic heterocycles. The zero-order chi connectivity index (χ0) is 13.7. The van der Waals surface area contributed by atoms with E-state index in [4.69, 9.17) is 4.74 Å². The molecule has 1 heterocycles. The second-order valence-electron chi connectivity index (χ2n) is 4.54. The molecular weight excluding hydrogens is 296 g/mol. The van der Waals surface area contributed by atoms with Crippen molar-refractivity contribution in [3.05, 3.63) is 29.8 Å². The number of carbonyl (C=O) groups excluding carboxylic acids is 1. The van der Waals surface area contributed by atoms with Crippen molar-refractivity contribution in [3.8, 4) is 5.75 Å². The molecule has 1 aromatic rings. The van der Waals surface area contributed by atoms with Gasteiger partial charge in [-0.2, -0.15) is 0 Å². The second kappa shape index (κ2) is 8.39. The summed E-state index contributed by atoms with van der Waals surface area (Å²) in [6, 6.07) is 7.87. The number of amides is 1. The minimum atomic E-state index is -0.0299. The number of nitrogens with one attached hydrogen (secondary N) is 1. The average molecular weight is 317 g/mol. The molecule has 1 aromatic carbocycles. The highest BCUT2D eigenvalue weighted by molar-refractivity contribution is 7.99. The monoisotopic (exact) mass is 316 g/mol. The number of hydrogen-bond donors (Lipinski definition) is 1. The summed E-state index contributed by atoms with van der Waals surface area (Å²) in [5.41, 5.74) is 1.12. The molecule has 1 aliphatic rings. The third-order valence-electron chi connectivity index (χ3n) is 3.04. The SMILES string of the molecule is CCOc1ccc(CN(C)C(=O)C2CSCN2)cc1.Cl. The number of rotatable bonds is 5. The summed E-state index contributed by atoms with van der Waals surface area (Å²) in [5.74, 6) is 2.77. The highest BCUT2D eigenvalue weighted by Crippen LogP contribution is 2.15. The highest BCUT2D eigenvalue weighted by Gasteiger charge is 2.25. The van der Waals surface area contributed by atoms with Gasteiger partial charge in [-0.25, -0.2) is 0 Å². The molecule has 1 amide bonds. The van der Waals surface area contributed by atoms with Crippen molar-refractivity contribution in [2.24, 2.45) is 0 Å². The molecule has 112 valence electrons. The van der Waals surface area contributed by atoms with E-state index in [9.17, 15) is 4.79 Å². The molecular formula is C14H21ClN2O2S. The van der Waals surface area contributed by atoms with Gasteiger partial charge in [-0.3, -0.25) is 10.1 Å². The maximum Gasteiger partial charge on any atom is 0.240 e. The Balaban J connectivity index is 0.00000200. The van der Waals surface area contributed by atoms with Gasteiger partial charge in [0.15, 0.2) is 0 Å². The van der Waals surface area contributed by atoms with Gasteiger partial charge in [-0.05, 0) is 24.6 Å². The fourth-order valence-corrected chi connectivity index (χ4v) is 2.96. The van der Waals surface area contributed by atoms with Crippen LogP contribution in [0.1, 0.15) is 12.5 Å². The van der Waals surface area contributed by atoms with Gasteiger partial charge in [0, 0.05) is 25.2 Å². The summed E-state index contributed by atoms with van der Waals surface area (Å²) in [5, 5.41) is 3.20. The van der Waals surface area contributed by atoms with Gasteiger partial charge in [0.2, 0.25) is 5.91 Å². The van der Waals surface area contributed by atoms with Gasteiger partial charge >= 0.3 is 0 Å². The predicted octanol–water partition coefficient (Wildman–Crippen LogP) is 2.13. The third-order valence-corrected chi connectivity index (χ3v) is 3.98. The number of benzene rings is 1. The zero-order valence-electron chi connectivity index (χ0n) is 11.8. The van der Waals surface area contributed by atoms with Gasteiger partial charge in [-0.15, -0.1) is 24.2 Å². The van der Waals surface area contributed by atoms with Crippen LogP contribution in [0.15, 0.2) is 24.3 Å². The Morgan fingerprint density at radius 1 is 1.45 bits per heavy atom. The largest absolute Gasteiger partial charge is 0.494 e. The fourth-order valence-electron chi connectivity index (χ4n) is 2.03. The average Bonchev–Trinajstić information content (AvgIpc) is 2.94. The van der Waals surface area contributed by atoms with E-state index >= 15 is 0 Å². The minimum absolute atomic E-state index is 0. The van der Waals surface area contributed by atoms with Crippen LogP contribution in [0.4, 0.5) is 0 Å². The Bertz CT molecular complexity index is 422. The summed E-state index contributed by atoms with van der Waals surface area (Å²) < 4.78 is 5.40. The third kappa shape index (κ3) is 4.58. The topological polar surface area (TPSA) is 41.6 Å². The standard InChI is InChI=1S/C14H20N2O2S.ClH/c1-3-18-12-6-4-11(5-7-12)8-16(2)14(17)13-9-19-10-15-13;/h4-7,13,15H,3,8-10H2,1-2H3;1H. The first-order valence-corrected chi connectivity index (χ1v) is 7.64. The Labute approximate surface area is 130 Å². The Hall–Kier alpha value is -0.910. The van der Waals surface area contributed by atoms with Gasteiger partial charge in [-0.1, -0.05) is 12.1 Å². The van der Waals surface area contributed by atoms with Crippen LogP contribution in [0.25, 0.3) is 0 Å². The van der Waals surface area contributed by atoms with Gasteiger partial charge in [0.25, 0.3) is 0 Å². The van der Waals surface area contributed by atoms with Crippen LogP contribution in [-0.2, 0) is 11.3 Å². The number of carbonyl (C=O) groups is 1. The lowest BCUT2D eigenvalue weighted by molar-refractivity contribution is -0.131. The van der Waals surface area contributed by atoms with Crippen molar-refractivity contribution in [1.29, 1.82) is 0 Å². The highest BCUT2D eigenvalue weighted by atomic mass is 35.5. The number of likely N-dealkylation sites (N-methyl/N-ethyl adjacent to an activating group) is 1. The van der Waals surface area contributed by atoms with Crippen LogP contribution in [0.5, 0.6) is 5.75 Å². The quantitative estimate of drug-likeness (QED) is 0.903. The van der Waals surface area contributed by atoms with E-state index in [1.54, 1.807) is 16.7 Å². The Kier molecular flexibility index (Phi) is 7.19. The lowest BCUT2D eigenvalue weighted by Crippen LogP contribution is -2.42. The van der Waals surface area contributed by atoms with Crippen molar-refractivity contribution < 1.29 is 9.53 Å². The van der Waals surface area contributed by atoms with Crippen LogP contribution in [0, 0.1) is 0 Å². The summed E-state index contributed by atoms with van der Waals surface area (Å²) in [6.45, 7) is 3.27. The van der Waals surface area contributed by atoms with E-state index in [0.29, 0.717) is 13.2 Å². The first-order valence-electron chi connectivity index (χ1n) is 6.48. The van der Waals surface area contributed by atoms with Crippen LogP contribution in [0.2, 0.25) is 0 Å². The van der Waals surface area contributed by atoms with Crippen LogP contribution in [-0.4, -0.2) is 42.1 Å². The number of ether oxygens (including phenoxy) is 1. The van der Waals surface area contributed by atoms with Crippen molar-refractivity contribution in [1.82, 2.24) is 10.2 Å². The molecule has 1 atom stereocenters. The first-order chi connectivity index (χ1) is 9.20. The molecule has 2 rings (SSSR count). The predicted molar refractivity (Wildman–Crippen MR) is 85.6 cm³/mol. The molecule has 4 nitrogen and oxygen atoms in total. The Morgan fingerprint density at radius 3 is 2.70 bits per heavy atom. The van der Waals surface area contributed by atoms with E-state index in [1.165, 1.54) is 0 Å². The van der Waals surface area contributed by atoms with Gasteiger partial charge in [0.05, 0.1) is 12.6 Å². The minimum Gasteiger partial charge on any atom is -0.494 e. The molecule has 6 heteroatoms. The maximum absolute atomic E-state index is 12.1. The van der Waals surface area contributed by atoms with E-state index in [-0.39, 0.29) is 24.4 Å². The molecule has 1 fully saturated rings. The van der Waals surface area contributed by atoms with Crippen molar-refractivity contribution in [3.63, 3.8) is 0 Å². The fraction of sp³-hybridized carbons (Fsp3) is 0.500. The molecule has 20 heavy (non-hydrogen) atoms. The lowest BCUT2D eigenvalue weighted by atomic mass is 10.2. The zero-order valence-corrected chi connectivity index (χ0v) is 13.4. The van der Waals surface area contributed by atoms with Crippen LogP contribution in [0.3, 0.4) is 0 Å². The molecule has 0 saturated carbocycles. The van der Waals surface area contributed by atoms with E-state index < -0.39 is 0 Å². The number of hydrogen-bond acceptors (Lipinski definition) is 4. The number of thioether (sulfide) groups is 1. The van der Waals surface area contributed by atoms with E-state index in [1.807, 2.05) is 38.2 Å². The molecule has 0 radical (unpaired) electrons. The second-order valence-corrected chi connectivity index (χ2v) is 5.57. The number of nitrogens with zero attached hydrogens (tertiary/aromatic N) is 1. The first kappa shape index (κ1) is 17.1. The lowest BCUT2D eigenvalue weighted by Gasteiger charge is -2.21. The molecule has 1 N–H and O–H groups in total. The molecule has 0 spiro atoms. The number of halogens is 1. The van der Waals surface area contributed by atoms with Crippen molar-refractivity contribution in [2.75, 3.05) is 25.3 Å². The molecule has 0 bridgehead atoms. The smallest absolute Gasteiger partial charge is 0.240 e.